The van der Waals surface area contributed by atoms with Crippen LogP contribution < -0.4 is 22.8 Å². The van der Waals surface area contributed by atoms with Gasteiger partial charge in [0.05, 0.1) is 0 Å². The van der Waals surface area contributed by atoms with Gasteiger partial charge in [-0.15, -0.1) is 0 Å². The van der Waals surface area contributed by atoms with Crippen LogP contribution in [0.4, 0.5) is 0 Å². The van der Waals surface area contributed by atoms with E-state index in [1.165, 1.54) is 95.0 Å². The highest BCUT2D eigenvalue weighted by Gasteiger charge is 2.24. The van der Waals surface area contributed by atoms with E-state index >= 15 is 0 Å². The fourth-order valence-corrected chi connectivity index (χ4v) is 13.1. The highest BCUT2D eigenvalue weighted by molar-refractivity contribution is 5.66. The summed E-state index contributed by atoms with van der Waals surface area (Å²) in [5, 5.41) is 0. The minimum Gasteiger partial charge on any atom is -0.201 e. The van der Waals surface area contributed by atoms with E-state index in [1.807, 2.05) is 77.7 Å². The molecule has 0 saturated carbocycles. The van der Waals surface area contributed by atoms with Crippen LogP contribution in [0.1, 0.15) is 202 Å². The lowest BCUT2D eigenvalue weighted by atomic mass is 9.88. The smallest absolute Gasteiger partial charge is 0.201 e. The summed E-state index contributed by atoms with van der Waals surface area (Å²) in [6.07, 6.45) is 12.9. The SMILES string of the molecule is Cc1ccc(-c2cc(C)c(CC(C)C)c[n+]2C)c(C)c1.Cc1ccc(-c2ccc(C(C)(C)C)c[n+]2C)c(C)c1.Cc1ccccc1-c1cc(CC(C)C)c(CC(C)C)c[n+]1C.[2H]C([2H])([2H])c1ccc(-c2cc(C)c(C([2H])([2H])C(C)C)c[n+]2C)c(C)c1.[2H]C([2H])([2H])c1ccc(-c2ccc(C(C)(C)C)c[n+]2C)c(C)c1. The Morgan fingerprint density at radius 2 is 0.620 bits per heavy atom. The first kappa shape index (κ1) is 69.0. The van der Waals surface area contributed by atoms with E-state index in [4.69, 9.17) is 11.0 Å². The first-order chi connectivity index (χ1) is 49.9. The zero-order valence-electron chi connectivity index (χ0n) is 74.8. The number of pyridine rings is 5. The van der Waals surface area contributed by atoms with Crippen LogP contribution in [-0.2, 0) is 71.7 Å². The Balaban J connectivity index is 0.000000212. The Morgan fingerprint density at radius 1 is 0.300 bits per heavy atom. The molecule has 0 saturated heterocycles. The second-order valence-corrected chi connectivity index (χ2v) is 32.1. The topological polar surface area (TPSA) is 19.4 Å². The van der Waals surface area contributed by atoms with Crippen molar-refractivity contribution in [2.75, 3.05) is 0 Å². The third kappa shape index (κ3) is 22.7. The molecule has 0 spiro atoms. The standard InChI is InChI=1S/C21H30N.2C19H26N.2C18H24N/c1-15(2)11-18-13-21(20-10-8-7-9-17(20)5)22(6)14-19(18)12-16(3)4;2*1-13(2)9-17-12-20(6)19(11-15(17)4)18-8-7-14(3)10-16(18)5;2*1-13-7-9-16(14(2)11-13)17-10-8-15(12-19(17)6)18(3,4)5/h7-10,13-16H,11-12H2,1-6H3;2*7-8,10-13H,9H2,1-6H3;2*7-12H,1-6H3/q5*+1/i;3D3,9D2;;1D3;. The van der Waals surface area contributed by atoms with Crippen molar-refractivity contribution in [2.45, 2.75) is 209 Å². The van der Waals surface area contributed by atoms with Crippen LogP contribution in [-0.4, -0.2) is 0 Å². The molecule has 0 bridgehead atoms. The Kier molecular flexibility index (Phi) is 24.4. The van der Waals surface area contributed by atoms with E-state index in [0.29, 0.717) is 34.4 Å². The van der Waals surface area contributed by atoms with Crippen LogP contribution in [0.2, 0.25) is 0 Å². The van der Waals surface area contributed by atoms with Crippen LogP contribution in [0.3, 0.4) is 0 Å². The summed E-state index contributed by atoms with van der Waals surface area (Å²) in [6, 6.07) is 48.0. The molecule has 10 aromatic rings. The Morgan fingerprint density at radius 3 is 0.990 bits per heavy atom. The average molecular weight is 1350 g/mol. The molecule has 0 fully saturated rings. The lowest BCUT2D eigenvalue weighted by Gasteiger charge is -2.17. The minimum atomic E-state index is -2.11. The predicted molar refractivity (Wildman–Crippen MR) is 429 cm³/mol. The van der Waals surface area contributed by atoms with Crippen molar-refractivity contribution >= 4 is 0 Å². The molecule has 0 atom stereocenters. The Bertz CT molecular complexity index is 4680. The number of nitrogens with zero attached hydrogens (tertiary/aromatic N) is 5. The van der Waals surface area contributed by atoms with Gasteiger partial charge in [0, 0.05) is 96.9 Å². The van der Waals surface area contributed by atoms with E-state index in [1.54, 1.807) is 24.3 Å². The molecule has 0 aliphatic carbocycles. The molecule has 0 amide bonds. The monoisotopic (exact) mass is 1350 g/mol. The van der Waals surface area contributed by atoms with Gasteiger partial charge in [-0.3, -0.25) is 0 Å². The Labute approximate surface area is 620 Å². The van der Waals surface area contributed by atoms with Crippen molar-refractivity contribution in [1.29, 1.82) is 0 Å². The molecule has 5 aromatic heterocycles. The predicted octanol–water partition coefficient (Wildman–Crippen LogP) is 21.7. The molecule has 0 radical (unpaired) electrons. The summed E-state index contributed by atoms with van der Waals surface area (Å²) in [6.45, 7) is 45.5. The fraction of sp³-hybridized carbons (Fsp3) is 0.421. The maximum atomic E-state index is 8.36. The molecule has 0 aliphatic heterocycles. The molecule has 5 nitrogen and oxygen atoms in total. The molecular formula is C95H130N5+5. The van der Waals surface area contributed by atoms with Gasteiger partial charge in [-0.05, 0) is 223 Å². The van der Waals surface area contributed by atoms with Gasteiger partial charge >= 0.3 is 0 Å². The number of rotatable bonds is 13. The quantitative estimate of drug-likeness (QED) is 0.103. The zero-order chi connectivity index (χ0) is 81.2. The molecule has 5 aromatic carbocycles. The molecule has 530 valence electrons. The van der Waals surface area contributed by atoms with Crippen molar-refractivity contribution in [3.05, 3.63) is 265 Å². The van der Waals surface area contributed by atoms with Crippen molar-refractivity contribution in [2.24, 2.45) is 58.9 Å². The summed E-state index contributed by atoms with van der Waals surface area (Å²) < 4.78 is 72.7. The maximum absolute atomic E-state index is 8.36. The second-order valence-electron chi connectivity index (χ2n) is 32.1. The van der Waals surface area contributed by atoms with Crippen LogP contribution in [0, 0.1) is 99.7 Å². The van der Waals surface area contributed by atoms with Crippen molar-refractivity contribution in [3.63, 3.8) is 0 Å². The van der Waals surface area contributed by atoms with Crippen molar-refractivity contribution < 1.29 is 33.8 Å². The van der Waals surface area contributed by atoms with Gasteiger partial charge in [0.1, 0.15) is 35.2 Å². The second kappa shape index (κ2) is 35.4. The molecular weight excluding hydrogens is 1210 g/mol. The lowest BCUT2D eigenvalue weighted by molar-refractivity contribution is -0.661. The third-order valence-electron chi connectivity index (χ3n) is 18.6. The first-order valence-corrected chi connectivity index (χ1v) is 36.4. The van der Waals surface area contributed by atoms with Crippen molar-refractivity contribution in [1.82, 2.24) is 0 Å². The van der Waals surface area contributed by atoms with Crippen molar-refractivity contribution in [3.8, 4) is 56.3 Å². The van der Waals surface area contributed by atoms with Gasteiger partial charge in [0.25, 0.3) is 0 Å². The van der Waals surface area contributed by atoms with Crippen LogP contribution in [0.25, 0.3) is 56.3 Å². The number of aromatic nitrogens is 5. The van der Waals surface area contributed by atoms with Gasteiger partial charge in [-0.2, -0.15) is 0 Å². The summed E-state index contributed by atoms with van der Waals surface area (Å²) in [5.74, 6) is 1.94. The Hall–Kier alpha value is -8.15. The summed E-state index contributed by atoms with van der Waals surface area (Å²) in [4.78, 5) is 0. The van der Waals surface area contributed by atoms with Crippen LogP contribution in [0.5, 0.6) is 0 Å². The number of hydrogen-bond acceptors (Lipinski definition) is 0. The zero-order valence-corrected chi connectivity index (χ0v) is 66.8. The summed E-state index contributed by atoms with van der Waals surface area (Å²) >= 11 is 0. The van der Waals surface area contributed by atoms with Gasteiger partial charge in [-0.1, -0.05) is 186 Å². The van der Waals surface area contributed by atoms with Gasteiger partial charge < -0.3 is 0 Å². The third-order valence-corrected chi connectivity index (χ3v) is 18.6. The average Bonchev–Trinajstić information content (AvgIpc) is 0.791. The highest BCUT2D eigenvalue weighted by Crippen LogP contribution is 2.31. The molecule has 100 heavy (non-hydrogen) atoms. The maximum Gasteiger partial charge on any atom is 0.212 e. The molecule has 0 N–H and O–H groups in total. The fourth-order valence-electron chi connectivity index (χ4n) is 13.1. The van der Waals surface area contributed by atoms with Crippen LogP contribution in [0.15, 0.2) is 171 Å². The largest absolute Gasteiger partial charge is 0.212 e. The number of aryl methyl sites for hydroxylation is 16. The molecule has 0 unspecified atom stereocenters. The van der Waals surface area contributed by atoms with E-state index in [-0.39, 0.29) is 16.7 Å². The number of hydrogen-bond donors (Lipinski definition) is 0. The lowest BCUT2D eigenvalue weighted by Crippen LogP contribution is -2.33. The highest BCUT2D eigenvalue weighted by atomic mass is 14.9. The molecule has 5 heteroatoms. The van der Waals surface area contributed by atoms with E-state index in [9.17, 15) is 0 Å². The summed E-state index contributed by atoms with van der Waals surface area (Å²) in [5.41, 5.74) is 31.6. The molecule has 5 heterocycles. The van der Waals surface area contributed by atoms with E-state index in [2.05, 4.69) is 286 Å². The normalized spacial score (nSPS) is 13.0. The first-order valence-electron chi connectivity index (χ1n) is 40.4. The van der Waals surface area contributed by atoms with Gasteiger partial charge in [0.2, 0.25) is 28.5 Å². The van der Waals surface area contributed by atoms with Gasteiger partial charge in [0.15, 0.2) is 31.0 Å². The van der Waals surface area contributed by atoms with Gasteiger partial charge in [-0.25, -0.2) is 22.8 Å². The van der Waals surface area contributed by atoms with E-state index < -0.39 is 20.1 Å². The summed E-state index contributed by atoms with van der Waals surface area (Å²) in [7, 11) is 10.4. The number of benzene rings is 5. The van der Waals surface area contributed by atoms with Crippen LogP contribution >= 0.6 is 0 Å². The minimum absolute atomic E-state index is 0.108. The molecule has 10 rings (SSSR count). The van der Waals surface area contributed by atoms with E-state index in [0.717, 1.165) is 58.5 Å². The molecule has 0 aliphatic rings.